The van der Waals surface area contributed by atoms with Crippen LogP contribution in [0.25, 0.3) is 0 Å². The van der Waals surface area contributed by atoms with Gasteiger partial charge in [0.05, 0.1) is 12.2 Å². The van der Waals surface area contributed by atoms with Crippen molar-refractivity contribution < 1.29 is 10.2 Å². The normalized spacial score (nSPS) is 14.6. The molecule has 0 amide bonds. The highest BCUT2D eigenvalue weighted by Gasteiger charge is 2.11. The topological polar surface area (TPSA) is 92.5 Å². The summed E-state index contributed by atoms with van der Waals surface area (Å²) in [5, 5.41) is 18.9. The van der Waals surface area contributed by atoms with Crippen LogP contribution in [0.1, 0.15) is 37.2 Å². The summed E-state index contributed by atoms with van der Waals surface area (Å²) >= 11 is 0. The summed E-state index contributed by atoms with van der Waals surface area (Å²) in [6.07, 6.45) is -1.09. The smallest absolute Gasteiger partial charge is 0.0938 e. The van der Waals surface area contributed by atoms with Crippen molar-refractivity contribution in [3.63, 3.8) is 0 Å². The summed E-state index contributed by atoms with van der Waals surface area (Å²) in [5.74, 6) is 0. The first-order valence-corrected chi connectivity index (χ1v) is 7.40. The van der Waals surface area contributed by atoms with Crippen LogP contribution in [0.5, 0.6) is 0 Å². The number of hydrogen-bond donors (Lipinski definition) is 4. The average Bonchev–Trinajstić information content (AvgIpc) is 2.55. The Labute approximate surface area is 156 Å². The summed E-state index contributed by atoms with van der Waals surface area (Å²) in [6, 6.07) is 18.4. The zero-order valence-electron chi connectivity index (χ0n) is 13.9. The molecule has 0 saturated carbocycles. The molecule has 0 saturated heterocycles. The molecule has 24 heavy (non-hydrogen) atoms. The molecule has 0 aliphatic carbocycles. The maximum Gasteiger partial charge on any atom is 0.0938 e. The second-order valence-electron chi connectivity index (χ2n) is 5.43. The first kappa shape index (κ1) is 25.1. The Morgan fingerprint density at radius 1 is 0.625 bits per heavy atom. The van der Waals surface area contributed by atoms with Gasteiger partial charge in [-0.1, -0.05) is 60.7 Å². The van der Waals surface area contributed by atoms with E-state index < -0.39 is 12.2 Å². The van der Waals surface area contributed by atoms with Crippen LogP contribution in [-0.2, 0) is 0 Å². The van der Waals surface area contributed by atoms with Crippen molar-refractivity contribution in [3.05, 3.63) is 71.8 Å². The molecule has 0 bridgehead atoms. The predicted octanol–water partition coefficient (Wildman–Crippen LogP) is 2.98. The van der Waals surface area contributed by atoms with E-state index in [9.17, 15) is 10.2 Å². The van der Waals surface area contributed by atoms with Gasteiger partial charge in [-0.05, 0) is 25.0 Å². The predicted molar refractivity (Wildman–Crippen MR) is 105 cm³/mol. The number of nitrogens with two attached hydrogens (primary N) is 2. The second-order valence-corrected chi connectivity index (χ2v) is 5.43. The zero-order valence-corrected chi connectivity index (χ0v) is 15.6. The van der Waals surface area contributed by atoms with Crippen molar-refractivity contribution in [2.45, 2.75) is 38.1 Å². The highest BCUT2D eigenvalue weighted by molar-refractivity contribution is 5.85. The van der Waals surface area contributed by atoms with Crippen molar-refractivity contribution in [3.8, 4) is 0 Å². The largest absolute Gasteiger partial charge is 0.387 e. The molecule has 6 heteroatoms. The third-order valence-corrected chi connectivity index (χ3v) is 3.28. The fourth-order valence-electron chi connectivity index (χ4n) is 1.91. The number of aliphatic hydroxyl groups excluding tert-OH is 2. The van der Waals surface area contributed by atoms with Crippen LogP contribution in [0.15, 0.2) is 60.7 Å². The summed E-state index contributed by atoms with van der Waals surface area (Å²) < 4.78 is 0. The minimum atomic E-state index is -0.545. The number of aliphatic hydroxyl groups is 2. The van der Waals surface area contributed by atoms with E-state index in [1.54, 1.807) is 13.8 Å². The molecular weight excluding hydrogens is 347 g/mol. The molecule has 0 aliphatic rings. The Morgan fingerprint density at radius 2 is 0.875 bits per heavy atom. The highest BCUT2D eigenvalue weighted by Crippen LogP contribution is 2.14. The molecule has 0 aromatic heterocycles. The van der Waals surface area contributed by atoms with Gasteiger partial charge in [0.1, 0.15) is 0 Å². The van der Waals surface area contributed by atoms with E-state index in [2.05, 4.69) is 0 Å². The third-order valence-electron chi connectivity index (χ3n) is 3.28. The molecular formula is C18H28Cl2N2O2. The molecule has 2 aromatic carbocycles. The lowest BCUT2D eigenvalue weighted by Crippen LogP contribution is -2.24. The van der Waals surface area contributed by atoms with E-state index in [4.69, 9.17) is 11.5 Å². The lowest BCUT2D eigenvalue weighted by molar-refractivity contribution is 0.153. The van der Waals surface area contributed by atoms with Gasteiger partial charge in [-0.15, -0.1) is 24.8 Å². The number of hydrogen-bond acceptors (Lipinski definition) is 4. The molecule has 0 heterocycles. The molecule has 2 unspecified atom stereocenters. The molecule has 136 valence electrons. The van der Waals surface area contributed by atoms with Crippen LogP contribution < -0.4 is 11.5 Å². The number of halogens is 2. The first-order valence-electron chi connectivity index (χ1n) is 7.40. The monoisotopic (exact) mass is 374 g/mol. The quantitative estimate of drug-likeness (QED) is 0.661. The SMILES string of the molecule is CC(N)C(O)c1ccccc1.C[C@@H](N)[C@@H](O)c1ccccc1.Cl.Cl. The van der Waals surface area contributed by atoms with Crippen LogP contribution in [0.4, 0.5) is 0 Å². The molecule has 0 aliphatic heterocycles. The summed E-state index contributed by atoms with van der Waals surface area (Å²) in [6.45, 7) is 3.58. The highest BCUT2D eigenvalue weighted by atomic mass is 35.5. The molecule has 0 radical (unpaired) electrons. The van der Waals surface area contributed by atoms with Gasteiger partial charge in [0.2, 0.25) is 0 Å². The van der Waals surface area contributed by atoms with E-state index in [1.165, 1.54) is 0 Å². The van der Waals surface area contributed by atoms with Gasteiger partial charge in [0.25, 0.3) is 0 Å². The van der Waals surface area contributed by atoms with Gasteiger partial charge < -0.3 is 21.7 Å². The third kappa shape index (κ3) is 8.64. The van der Waals surface area contributed by atoms with E-state index >= 15 is 0 Å². The van der Waals surface area contributed by atoms with Gasteiger partial charge in [-0.2, -0.15) is 0 Å². The number of benzene rings is 2. The van der Waals surface area contributed by atoms with Crippen LogP contribution in [0, 0.1) is 0 Å². The lowest BCUT2D eigenvalue weighted by Gasteiger charge is -2.13. The molecule has 2 rings (SSSR count). The van der Waals surface area contributed by atoms with Crippen LogP contribution in [0.3, 0.4) is 0 Å². The molecule has 4 atom stereocenters. The van der Waals surface area contributed by atoms with Crippen molar-refractivity contribution >= 4 is 24.8 Å². The lowest BCUT2D eigenvalue weighted by atomic mass is 10.0. The van der Waals surface area contributed by atoms with Crippen molar-refractivity contribution in [1.82, 2.24) is 0 Å². The van der Waals surface area contributed by atoms with Gasteiger partial charge in [0, 0.05) is 12.1 Å². The Kier molecular flexibility index (Phi) is 13.8. The van der Waals surface area contributed by atoms with Gasteiger partial charge in [-0.3, -0.25) is 0 Å². The standard InChI is InChI=1S/2C9H13NO.2ClH/c2*1-7(10)9(11)8-5-3-2-4-6-8;;/h2*2-7,9,11H,10H2,1H3;2*1H/t7-,9-;;;/m1.../s1. The molecule has 4 nitrogen and oxygen atoms in total. The fraction of sp³-hybridized carbons (Fsp3) is 0.333. The second kappa shape index (κ2) is 13.2. The fourth-order valence-corrected chi connectivity index (χ4v) is 1.91. The zero-order chi connectivity index (χ0) is 16.5. The van der Waals surface area contributed by atoms with Crippen molar-refractivity contribution in [2.24, 2.45) is 11.5 Å². The average molecular weight is 375 g/mol. The maximum atomic E-state index is 9.47. The van der Waals surface area contributed by atoms with E-state index in [-0.39, 0.29) is 36.9 Å². The van der Waals surface area contributed by atoms with E-state index in [1.807, 2.05) is 60.7 Å². The molecule has 0 fully saturated rings. The van der Waals surface area contributed by atoms with Gasteiger partial charge >= 0.3 is 0 Å². The molecule has 2 aromatic rings. The molecule has 6 N–H and O–H groups in total. The van der Waals surface area contributed by atoms with Crippen LogP contribution >= 0.6 is 24.8 Å². The minimum Gasteiger partial charge on any atom is -0.387 e. The maximum absolute atomic E-state index is 9.47. The minimum absolute atomic E-state index is 0. The summed E-state index contributed by atoms with van der Waals surface area (Å²) in [7, 11) is 0. The van der Waals surface area contributed by atoms with Crippen LogP contribution in [-0.4, -0.2) is 22.3 Å². The van der Waals surface area contributed by atoms with Crippen LogP contribution in [0.2, 0.25) is 0 Å². The Bertz CT molecular complexity index is 476. The van der Waals surface area contributed by atoms with Gasteiger partial charge in [0.15, 0.2) is 0 Å². The van der Waals surface area contributed by atoms with Crippen molar-refractivity contribution in [2.75, 3.05) is 0 Å². The number of rotatable bonds is 4. The summed E-state index contributed by atoms with van der Waals surface area (Å²) in [4.78, 5) is 0. The van der Waals surface area contributed by atoms with E-state index in [0.29, 0.717) is 0 Å². The van der Waals surface area contributed by atoms with Crippen molar-refractivity contribution in [1.29, 1.82) is 0 Å². The Balaban J connectivity index is 0. The Hall–Kier alpha value is -1.14. The molecule has 0 spiro atoms. The summed E-state index contributed by atoms with van der Waals surface area (Å²) in [5.41, 5.74) is 12.8. The first-order chi connectivity index (χ1) is 10.4. The van der Waals surface area contributed by atoms with Gasteiger partial charge in [-0.25, -0.2) is 0 Å². The Morgan fingerprint density at radius 3 is 1.08 bits per heavy atom. The van der Waals surface area contributed by atoms with E-state index in [0.717, 1.165) is 11.1 Å².